The second-order valence-corrected chi connectivity index (χ2v) is 8.21. The number of hydrogen-bond acceptors (Lipinski definition) is 3. The van der Waals surface area contributed by atoms with E-state index >= 15 is 0 Å². The van der Waals surface area contributed by atoms with Crippen LogP contribution in [-0.2, 0) is 13.6 Å². The lowest BCUT2D eigenvalue weighted by molar-refractivity contribution is 0.124. The van der Waals surface area contributed by atoms with E-state index in [4.69, 9.17) is 9.05 Å². The Balaban J connectivity index is 3.85. The fourth-order valence-electron chi connectivity index (χ4n) is 0.972. The summed E-state index contributed by atoms with van der Waals surface area (Å²) in [6.45, 7) is 12.8. The molecule has 0 spiro atoms. The summed E-state index contributed by atoms with van der Waals surface area (Å²) in [6, 6.07) is 0. The van der Waals surface area contributed by atoms with E-state index in [1.54, 1.807) is 0 Å². The van der Waals surface area contributed by atoms with Crippen LogP contribution in [0.15, 0.2) is 0 Å². The van der Waals surface area contributed by atoms with E-state index < -0.39 is 7.82 Å². The molecule has 0 aliphatic rings. The summed E-state index contributed by atoms with van der Waals surface area (Å²) < 4.78 is 21.3. The van der Waals surface area contributed by atoms with Crippen molar-refractivity contribution in [3.63, 3.8) is 0 Å². The zero-order valence-corrected chi connectivity index (χ0v) is 12.8. The summed E-state index contributed by atoms with van der Waals surface area (Å²) in [5.41, 5.74) is 0.177. The van der Waals surface area contributed by atoms with Gasteiger partial charge in [0.05, 0.1) is 13.2 Å². The van der Waals surface area contributed by atoms with Crippen molar-refractivity contribution in [2.45, 2.75) is 54.4 Å². The molecule has 0 saturated heterocycles. The molecule has 0 radical (unpaired) electrons. The van der Waals surface area contributed by atoms with Gasteiger partial charge < -0.3 is 4.89 Å². The number of phosphoric ester groups is 1. The Hall–Kier alpha value is 0.110. The maximum Gasteiger partial charge on any atom is 0.472 e. The molecule has 5 heteroatoms. The molecule has 0 aromatic heterocycles. The fraction of sp³-hybridized carbons (Fsp3) is 1.00. The van der Waals surface area contributed by atoms with Crippen LogP contribution in [0.5, 0.6) is 0 Å². The molecule has 4 nitrogen and oxygen atoms in total. The minimum atomic E-state index is -3.86. The summed E-state index contributed by atoms with van der Waals surface area (Å²) in [7, 11) is -3.86. The summed E-state index contributed by atoms with van der Waals surface area (Å²) in [6.07, 6.45) is 1.44. The highest BCUT2D eigenvalue weighted by Gasteiger charge is 2.23. The first kappa shape index (κ1) is 17.1. The second-order valence-electron chi connectivity index (χ2n) is 6.76. The standard InChI is InChI=1S/C12H27O4P/c1-11(2,3)7-9-15-17(13,14)16-10-8-12(4,5)6/h7-10H2,1-6H3,(H,13,14). The molecule has 0 unspecified atom stereocenters. The van der Waals surface area contributed by atoms with Gasteiger partial charge in [-0.05, 0) is 23.7 Å². The van der Waals surface area contributed by atoms with Crippen LogP contribution in [-0.4, -0.2) is 18.1 Å². The molecule has 0 aromatic rings. The summed E-state index contributed by atoms with van der Waals surface area (Å²) in [5, 5.41) is 0. The number of rotatable bonds is 6. The van der Waals surface area contributed by atoms with E-state index in [0.717, 1.165) is 12.8 Å². The van der Waals surface area contributed by atoms with E-state index in [0.29, 0.717) is 0 Å². The van der Waals surface area contributed by atoms with Crippen molar-refractivity contribution in [2.24, 2.45) is 10.8 Å². The lowest BCUT2D eigenvalue weighted by Crippen LogP contribution is -2.11. The van der Waals surface area contributed by atoms with Crippen molar-refractivity contribution < 1.29 is 18.5 Å². The molecule has 0 saturated carbocycles. The molecule has 0 bridgehead atoms. The maximum absolute atomic E-state index is 11.5. The van der Waals surface area contributed by atoms with Crippen LogP contribution in [0.1, 0.15) is 54.4 Å². The van der Waals surface area contributed by atoms with Crippen molar-refractivity contribution in [3.05, 3.63) is 0 Å². The Morgan fingerprint density at radius 3 is 1.41 bits per heavy atom. The van der Waals surface area contributed by atoms with Gasteiger partial charge in [-0.1, -0.05) is 41.5 Å². The molecule has 104 valence electrons. The third-order valence-corrected chi connectivity index (χ3v) is 3.23. The van der Waals surface area contributed by atoms with Crippen LogP contribution in [0.2, 0.25) is 0 Å². The first-order chi connectivity index (χ1) is 7.41. The maximum atomic E-state index is 11.5. The minimum Gasteiger partial charge on any atom is -0.302 e. The molecule has 17 heavy (non-hydrogen) atoms. The Morgan fingerprint density at radius 2 is 1.18 bits per heavy atom. The van der Waals surface area contributed by atoms with Crippen LogP contribution >= 0.6 is 7.82 Å². The first-order valence-electron chi connectivity index (χ1n) is 6.03. The van der Waals surface area contributed by atoms with Gasteiger partial charge in [-0.2, -0.15) is 0 Å². The molecule has 0 rings (SSSR count). The molecular formula is C12H27O4P. The summed E-state index contributed by atoms with van der Waals surface area (Å²) in [5.74, 6) is 0. The molecule has 1 N–H and O–H groups in total. The van der Waals surface area contributed by atoms with E-state index in [-0.39, 0.29) is 24.0 Å². The van der Waals surface area contributed by atoms with E-state index in [2.05, 4.69) is 41.5 Å². The highest BCUT2D eigenvalue weighted by Crippen LogP contribution is 2.44. The lowest BCUT2D eigenvalue weighted by atomic mass is 9.93. The topological polar surface area (TPSA) is 55.8 Å². The van der Waals surface area contributed by atoms with Crippen LogP contribution in [0.25, 0.3) is 0 Å². The van der Waals surface area contributed by atoms with Crippen molar-refractivity contribution >= 4 is 7.82 Å². The van der Waals surface area contributed by atoms with Crippen LogP contribution in [0, 0.1) is 10.8 Å². The Morgan fingerprint density at radius 1 is 0.882 bits per heavy atom. The smallest absolute Gasteiger partial charge is 0.302 e. The predicted molar refractivity (Wildman–Crippen MR) is 69.9 cm³/mol. The monoisotopic (exact) mass is 266 g/mol. The van der Waals surface area contributed by atoms with Gasteiger partial charge in [-0.25, -0.2) is 4.57 Å². The highest BCUT2D eigenvalue weighted by atomic mass is 31.2. The molecule has 0 aromatic carbocycles. The number of hydrogen-bond donors (Lipinski definition) is 1. The van der Waals surface area contributed by atoms with Gasteiger partial charge >= 0.3 is 7.82 Å². The third kappa shape index (κ3) is 12.4. The van der Waals surface area contributed by atoms with Crippen LogP contribution in [0.4, 0.5) is 0 Å². The second kappa shape index (κ2) is 6.33. The molecule has 0 heterocycles. The molecule has 0 fully saturated rings. The molecule has 0 atom stereocenters. The average molecular weight is 266 g/mol. The van der Waals surface area contributed by atoms with Gasteiger partial charge in [0.2, 0.25) is 0 Å². The molecular weight excluding hydrogens is 239 g/mol. The van der Waals surface area contributed by atoms with Gasteiger partial charge in [-0.15, -0.1) is 0 Å². The van der Waals surface area contributed by atoms with Gasteiger partial charge in [0.15, 0.2) is 0 Å². The zero-order chi connectivity index (χ0) is 13.7. The van der Waals surface area contributed by atoms with Gasteiger partial charge in [-0.3, -0.25) is 9.05 Å². The molecule has 0 aliphatic heterocycles. The summed E-state index contributed by atoms with van der Waals surface area (Å²) >= 11 is 0. The van der Waals surface area contributed by atoms with Gasteiger partial charge in [0.25, 0.3) is 0 Å². The zero-order valence-electron chi connectivity index (χ0n) is 11.9. The fourth-order valence-corrected chi connectivity index (χ4v) is 1.69. The van der Waals surface area contributed by atoms with E-state index in [1.165, 1.54) is 0 Å². The van der Waals surface area contributed by atoms with Crippen molar-refractivity contribution in [1.29, 1.82) is 0 Å². The van der Waals surface area contributed by atoms with Crippen LogP contribution in [0.3, 0.4) is 0 Å². The third-order valence-electron chi connectivity index (χ3n) is 2.21. The van der Waals surface area contributed by atoms with Crippen molar-refractivity contribution in [3.8, 4) is 0 Å². The minimum absolute atomic E-state index is 0.0887. The quantitative estimate of drug-likeness (QED) is 0.738. The SMILES string of the molecule is CC(C)(C)CCOP(=O)(O)OCCC(C)(C)C. The lowest BCUT2D eigenvalue weighted by Gasteiger charge is -2.21. The molecule has 0 aliphatic carbocycles. The predicted octanol–water partition coefficient (Wildman–Crippen LogP) is 3.99. The highest BCUT2D eigenvalue weighted by molar-refractivity contribution is 7.47. The Kier molecular flexibility index (Phi) is 6.37. The first-order valence-corrected chi connectivity index (χ1v) is 7.53. The van der Waals surface area contributed by atoms with Crippen molar-refractivity contribution in [2.75, 3.05) is 13.2 Å². The molecule has 0 amide bonds. The van der Waals surface area contributed by atoms with Gasteiger partial charge in [0.1, 0.15) is 0 Å². The summed E-state index contributed by atoms with van der Waals surface area (Å²) in [4.78, 5) is 9.42. The number of phosphoric acid groups is 1. The van der Waals surface area contributed by atoms with Crippen molar-refractivity contribution in [1.82, 2.24) is 0 Å². The van der Waals surface area contributed by atoms with E-state index in [1.807, 2.05) is 0 Å². The van der Waals surface area contributed by atoms with E-state index in [9.17, 15) is 9.46 Å². The largest absolute Gasteiger partial charge is 0.472 e. The van der Waals surface area contributed by atoms with Crippen LogP contribution < -0.4 is 0 Å². The Bertz CT molecular complexity index is 239. The van der Waals surface area contributed by atoms with Gasteiger partial charge in [0, 0.05) is 0 Å². The average Bonchev–Trinajstić information content (AvgIpc) is 1.96. The Labute approximate surface area is 105 Å². The normalized spacial score (nSPS) is 14.1.